The van der Waals surface area contributed by atoms with Crippen molar-refractivity contribution in [2.24, 2.45) is 0 Å². The van der Waals surface area contributed by atoms with E-state index in [9.17, 15) is 0 Å². The molecule has 112 valence electrons. The molecule has 0 radical (unpaired) electrons. The number of benzene rings is 2. The molecular weight excluding hydrogens is 280 g/mol. The van der Waals surface area contributed by atoms with Gasteiger partial charge in [0, 0.05) is 18.2 Å². The van der Waals surface area contributed by atoms with E-state index in [0.29, 0.717) is 0 Å². The Labute approximate surface area is 136 Å². The smallest absolute Gasteiger partial charge is 0.118 e. The average Bonchev–Trinajstić information content (AvgIpc) is 2.97. The predicted molar refractivity (Wildman–Crippen MR) is 94.6 cm³/mol. The minimum absolute atomic E-state index is 0.832. The van der Waals surface area contributed by atoms with E-state index < -0.39 is 0 Å². The van der Waals surface area contributed by atoms with Gasteiger partial charge < -0.3 is 4.40 Å². The number of nitrogens with zero attached hydrogens (tertiary/aromatic N) is 2. The van der Waals surface area contributed by atoms with Crippen molar-refractivity contribution in [3.8, 4) is 11.3 Å². The second kappa shape index (κ2) is 5.73. The molecule has 0 aliphatic carbocycles. The minimum atomic E-state index is 0.832. The van der Waals surface area contributed by atoms with E-state index in [2.05, 4.69) is 84.3 Å². The van der Waals surface area contributed by atoms with Gasteiger partial charge in [0.25, 0.3) is 0 Å². The fourth-order valence-corrected chi connectivity index (χ4v) is 2.92. The van der Waals surface area contributed by atoms with E-state index in [-0.39, 0.29) is 0 Å². The molecule has 2 aromatic heterocycles. The number of fused-ring (bicyclic) bond motifs is 1. The van der Waals surface area contributed by atoms with Crippen LogP contribution >= 0.6 is 0 Å². The van der Waals surface area contributed by atoms with Gasteiger partial charge in [-0.25, -0.2) is 4.98 Å². The van der Waals surface area contributed by atoms with Crippen LogP contribution in [-0.4, -0.2) is 9.38 Å². The SMILES string of the molecule is Cc1ccc(Cc2nc(-c3ccccc3)c3ccccn23)cc1. The Kier molecular flexibility index (Phi) is 3.43. The average molecular weight is 298 g/mol. The zero-order chi connectivity index (χ0) is 15.6. The maximum atomic E-state index is 4.94. The molecule has 0 spiro atoms. The van der Waals surface area contributed by atoms with Crippen molar-refractivity contribution in [3.63, 3.8) is 0 Å². The molecule has 2 heteroatoms. The lowest BCUT2D eigenvalue weighted by atomic mass is 10.1. The molecule has 0 atom stereocenters. The van der Waals surface area contributed by atoms with Crippen LogP contribution in [0.4, 0.5) is 0 Å². The zero-order valence-electron chi connectivity index (χ0n) is 13.1. The van der Waals surface area contributed by atoms with Crippen LogP contribution in [0.25, 0.3) is 16.8 Å². The van der Waals surface area contributed by atoms with Crippen molar-refractivity contribution in [2.75, 3.05) is 0 Å². The maximum Gasteiger partial charge on any atom is 0.118 e. The maximum absolute atomic E-state index is 4.94. The highest BCUT2D eigenvalue weighted by atomic mass is 15.0. The summed E-state index contributed by atoms with van der Waals surface area (Å²) < 4.78 is 2.20. The molecule has 2 nitrogen and oxygen atoms in total. The number of hydrogen-bond donors (Lipinski definition) is 0. The van der Waals surface area contributed by atoms with E-state index >= 15 is 0 Å². The summed E-state index contributed by atoms with van der Waals surface area (Å²) in [6.07, 6.45) is 2.93. The molecule has 0 aliphatic rings. The number of aryl methyl sites for hydroxylation is 1. The fraction of sp³-hybridized carbons (Fsp3) is 0.0952. The third-order valence-electron chi connectivity index (χ3n) is 4.15. The van der Waals surface area contributed by atoms with Crippen molar-refractivity contribution in [2.45, 2.75) is 13.3 Å². The fourth-order valence-electron chi connectivity index (χ4n) is 2.92. The first-order chi connectivity index (χ1) is 11.3. The summed E-state index contributed by atoms with van der Waals surface area (Å²) in [5, 5.41) is 0. The molecule has 0 unspecified atom stereocenters. The van der Waals surface area contributed by atoms with E-state index in [1.807, 2.05) is 6.07 Å². The molecule has 2 heterocycles. The summed E-state index contributed by atoms with van der Waals surface area (Å²) in [6.45, 7) is 2.11. The Morgan fingerprint density at radius 2 is 1.57 bits per heavy atom. The molecular formula is C21H18N2. The van der Waals surface area contributed by atoms with Crippen LogP contribution in [0.5, 0.6) is 0 Å². The second-order valence-corrected chi connectivity index (χ2v) is 5.86. The molecule has 0 amide bonds. The summed E-state index contributed by atoms with van der Waals surface area (Å²) in [4.78, 5) is 4.94. The first-order valence-corrected chi connectivity index (χ1v) is 7.88. The predicted octanol–water partition coefficient (Wildman–Crippen LogP) is 4.90. The van der Waals surface area contributed by atoms with Crippen LogP contribution in [0.3, 0.4) is 0 Å². The summed E-state index contributed by atoms with van der Waals surface area (Å²) in [7, 11) is 0. The Morgan fingerprint density at radius 1 is 0.826 bits per heavy atom. The van der Waals surface area contributed by atoms with Crippen LogP contribution in [0.2, 0.25) is 0 Å². The largest absolute Gasteiger partial charge is 0.303 e. The summed E-state index contributed by atoms with van der Waals surface area (Å²) in [5.41, 5.74) is 5.93. The van der Waals surface area contributed by atoms with Crippen LogP contribution < -0.4 is 0 Å². The highest BCUT2D eigenvalue weighted by molar-refractivity contribution is 5.77. The Bertz CT molecular complexity index is 935. The number of rotatable bonds is 3. The summed E-state index contributed by atoms with van der Waals surface area (Å²) in [6, 6.07) is 25.3. The van der Waals surface area contributed by atoms with Gasteiger partial charge in [-0.3, -0.25) is 0 Å². The van der Waals surface area contributed by atoms with Gasteiger partial charge in [0.2, 0.25) is 0 Å². The number of hydrogen-bond acceptors (Lipinski definition) is 1. The second-order valence-electron chi connectivity index (χ2n) is 5.86. The molecule has 0 bridgehead atoms. The lowest BCUT2D eigenvalue weighted by molar-refractivity contribution is 0.962. The quantitative estimate of drug-likeness (QED) is 0.526. The van der Waals surface area contributed by atoms with Crippen molar-refractivity contribution >= 4 is 5.52 Å². The molecule has 23 heavy (non-hydrogen) atoms. The third kappa shape index (κ3) is 2.64. The van der Waals surface area contributed by atoms with Gasteiger partial charge in [-0.1, -0.05) is 66.2 Å². The lowest BCUT2D eigenvalue weighted by Gasteiger charge is -2.02. The van der Waals surface area contributed by atoms with Gasteiger partial charge >= 0.3 is 0 Å². The molecule has 4 rings (SSSR count). The van der Waals surface area contributed by atoms with E-state index in [1.165, 1.54) is 11.1 Å². The van der Waals surface area contributed by atoms with Crippen LogP contribution in [0.15, 0.2) is 79.0 Å². The Morgan fingerprint density at radius 3 is 2.35 bits per heavy atom. The Hall–Kier alpha value is -2.87. The van der Waals surface area contributed by atoms with E-state index in [4.69, 9.17) is 4.98 Å². The van der Waals surface area contributed by atoms with Crippen LogP contribution in [-0.2, 0) is 6.42 Å². The van der Waals surface area contributed by atoms with Gasteiger partial charge in [-0.05, 0) is 24.6 Å². The van der Waals surface area contributed by atoms with Crippen LogP contribution in [0, 0.1) is 6.92 Å². The minimum Gasteiger partial charge on any atom is -0.303 e. The molecule has 0 N–H and O–H groups in total. The van der Waals surface area contributed by atoms with E-state index in [1.54, 1.807) is 0 Å². The van der Waals surface area contributed by atoms with Crippen molar-refractivity contribution in [1.82, 2.24) is 9.38 Å². The number of imidazole rings is 1. The Balaban J connectivity index is 1.83. The molecule has 2 aromatic carbocycles. The molecule has 4 aromatic rings. The van der Waals surface area contributed by atoms with Crippen molar-refractivity contribution in [1.29, 1.82) is 0 Å². The molecule has 0 saturated heterocycles. The first-order valence-electron chi connectivity index (χ1n) is 7.88. The molecule has 0 fully saturated rings. The zero-order valence-corrected chi connectivity index (χ0v) is 13.1. The van der Waals surface area contributed by atoms with Crippen molar-refractivity contribution < 1.29 is 0 Å². The first kappa shape index (κ1) is 13.8. The van der Waals surface area contributed by atoms with Crippen LogP contribution in [0.1, 0.15) is 17.0 Å². The van der Waals surface area contributed by atoms with Gasteiger partial charge in [0.15, 0.2) is 0 Å². The highest BCUT2D eigenvalue weighted by Gasteiger charge is 2.12. The lowest BCUT2D eigenvalue weighted by Crippen LogP contribution is -1.95. The van der Waals surface area contributed by atoms with Gasteiger partial charge in [0.05, 0.1) is 11.2 Å². The third-order valence-corrected chi connectivity index (χ3v) is 4.15. The van der Waals surface area contributed by atoms with Gasteiger partial charge in [-0.2, -0.15) is 0 Å². The van der Waals surface area contributed by atoms with E-state index in [0.717, 1.165) is 29.0 Å². The topological polar surface area (TPSA) is 17.3 Å². The monoisotopic (exact) mass is 298 g/mol. The highest BCUT2D eigenvalue weighted by Crippen LogP contribution is 2.25. The summed E-state index contributed by atoms with van der Waals surface area (Å²) >= 11 is 0. The normalized spacial score (nSPS) is 11.0. The summed E-state index contributed by atoms with van der Waals surface area (Å²) in [5.74, 6) is 1.07. The molecule has 0 saturated carbocycles. The molecule has 0 aliphatic heterocycles. The standard InChI is InChI=1S/C21H18N2/c1-16-10-12-17(13-11-16)15-20-22-21(18-7-3-2-4-8-18)19-9-5-6-14-23(19)20/h2-14H,15H2,1H3. The number of pyridine rings is 1. The van der Waals surface area contributed by atoms with Gasteiger partial charge in [-0.15, -0.1) is 0 Å². The number of aromatic nitrogens is 2. The van der Waals surface area contributed by atoms with Gasteiger partial charge in [0.1, 0.15) is 5.82 Å². The van der Waals surface area contributed by atoms with Crippen molar-refractivity contribution in [3.05, 3.63) is 95.9 Å².